The van der Waals surface area contributed by atoms with Gasteiger partial charge in [0.25, 0.3) is 0 Å². The van der Waals surface area contributed by atoms with Crippen molar-refractivity contribution in [3.63, 3.8) is 0 Å². The number of aromatic nitrogens is 2. The van der Waals surface area contributed by atoms with Crippen LogP contribution in [0.1, 0.15) is 66.9 Å². The highest BCUT2D eigenvalue weighted by molar-refractivity contribution is 7.99. The molecule has 250 valence electrons. The number of hydrogen-bond donors (Lipinski definition) is 0. The quantitative estimate of drug-likeness (QED) is 0.133. The molecule has 2 aliphatic heterocycles. The molecule has 3 heterocycles. The summed E-state index contributed by atoms with van der Waals surface area (Å²) in [5.74, 6) is 1.43. The molecule has 0 amide bonds. The molecule has 8 nitrogen and oxygen atoms in total. The number of carbonyl (C=O) groups excluding carboxylic acids is 1. The van der Waals surface area contributed by atoms with Crippen LogP contribution in [-0.4, -0.2) is 73.4 Å². The van der Waals surface area contributed by atoms with E-state index in [1.165, 1.54) is 18.2 Å². The molecule has 1 spiro atoms. The predicted molar refractivity (Wildman–Crippen MR) is 184 cm³/mol. The number of anilines is 1. The smallest absolute Gasteiger partial charge is 0.337 e. The van der Waals surface area contributed by atoms with Crippen LogP contribution in [0.15, 0.2) is 60.0 Å². The molecule has 0 bridgehead atoms. The largest absolute Gasteiger partial charge is 0.490 e. The molecular weight excluding hydrogens is 634 g/mol. The maximum atomic E-state index is 12.6. The van der Waals surface area contributed by atoms with Gasteiger partial charge < -0.3 is 23.8 Å². The Morgan fingerprint density at radius 2 is 2.04 bits per heavy atom. The summed E-state index contributed by atoms with van der Waals surface area (Å²) in [5.41, 5.74) is 4.00. The van der Waals surface area contributed by atoms with Gasteiger partial charge in [0.2, 0.25) is 0 Å². The van der Waals surface area contributed by atoms with Gasteiger partial charge in [0.05, 0.1) is 43.8 Å². The highest BCUT2D eigenvalue weighted by Gasteiger charge is 2.45. The Morgan fingerprint density at radius 1 is 1.17 bits per heavy atom. The van der Waals surface area contributed by atoms with Gasteiger partial charge in [0.15, 0.2) is 5.16 Å². The number of benzene rings is 2. The number of esters is 1. The van der Waals surface area contributed by atoms with E-state index in [1.54, 1.807) is 24.2 Å². The number of ether oxygens (including phenoxy) is 4. The molecule has 0 N–H and O–H groups in total. The van der Waals surface area contributed by atoms with Gasteiger partial charge in [-0.15, -0.1) is 0 Å². The van der Waals surface area contributed by atoms with Crippen LogP contribution in [-0.2, 0) is 26.0 Å². The Labute approximate surface area is 286 Å². The molecule has 2 aliphatic carbocycles. The lowest BCUT2D eigenvalue weighted by Gasteiger charge is -2.48. The van der Waals surface area contributed by atoms with E-state index >= 15 is 0 Å². The summed E-state index contributed by atoms with van der Waals surface area (Å²) in [7, 11) is 1.43. The van der Waals surface area contributed by atoms with Crippen molar-refractivity contribution in [1.82, 2.24) is 9.97 Å². The van der Waals surface area contributed by atoms with Crippen LogP contribution in [0.4, 0.5) is 5.69 Å². The van der Waals surface area contributed by atoms with E-state index in [9.17, 15) is 4.79 Å². The van der Waals surface area contributed by atoms with E-state index in [2.05, 4.69) is 33.9 Å². The highest BCUT2D eigenvalue weighted by Crippen LogP contribution is 2.47. The Hall–Kier alpha value is -2.85. The summed E-state index contributed by atoms with van der Waals surface area (Å²) < 4.78 is 24.6. The summed E-state index contributed by atoms with van der Waals surface area (Å²) in [6, 6.07) is 13.9. The summed E-state index contributed by atoms with van der Waals surface area (Å²) in [6.45, 7) is 5.85. The van der Waals surface area contributed by atoms with Crippen molar-refractivity contribution >= 4 is 35.0 Å². The minimum absolute atomic E-state index is 0.165. The summed E-state index contributed by atoms with van der Waals surface area (Å²) in [6.07, 6.45) is 11.3. The molecule has 10 heteroatoms. The fraction of sp³-hybridized carbons (Fsp3) is 0.541. The molecule has 47 heavy (non-hydrogen) atoms. The van der Waals surface area contributed by atoms with Gasteiger partial charge in [-0.3, -0.25) is 0 Å². The van der Waals surface area contributed by atoms with E-state index in [-0.39, 0.29) is 28.8 Å². The third-order valence-corrected chi connectivity index (χ3v) is 11.7. The fourth-order valence-corrected chi connectivity index (χ4v) is 8.97. The van der Waals surface area contributed by atoms with Crippen molar-refractivity contribution in [3.05, 3.63) is 76.6 Å². The van der Waals surface area contributed by atoms with E-state index in [0.29, 0.717) is 30.6 Å². The number of carbonyl (C=O) groups is 1. The standard InChI is InChI=1S/C37H44ClN3O5S/c1-24(47-36-39-14-4-15-40-36)21-45-29-12-16-44-34(19-29)30-9-6-27(30)20-41-22-37(13-3-5-25-17-28(38)8-10-31(25)37)23-46-33-11-7-26(18-32(33)41)35(42)43-2/h4,7-8,10-11,14-15,17-18,24,27,29-30,34H,3,5-6,9,12-13,16,19-23H2,1-2H3/t24-,27-,29+,30+,34-,37-/m0/s1. The third-order valence-electron chi connectivity index (χ3n) is 10.5. The van der Waals surface area contributed by atoms with Crippen molar-refractivity contribution in [3.8, 4) is 5.75 Å². The first-order chi connectivity index (χ1) is 22.9. The van der Waals surface area contributed by atoms with E-state index in [1.807, 2.05) is 30.3 Å². The Bertz CT molecular complexity index is 1560. The lowest BCUT2D eigenvalue weighted by molar-refractivity contribution is -0.116. The molecule has 2 fully saturated rings. The van der Waals surface area contributed by atoms with Gasteiger partial charge in [-0.2, -0.15) is 0 Å². The first-order valence-corrected chi connectivity index (χ1v) is 18.2. The zero-order valence-electron chi connectivity index (χ0n) is 27.2. The zero-order chi connectivity index (χ0) is 32.4. The lowest BCUT2D eigenvalue weighted by Crippen LogP contribution is -2.50. The zero-order valence-corrected chi connectivity index (χ0v) is 28.8. The normalized spacial score (nSPS) is 27.5. The van der Waals surface area contributed by atoms with Crippen LogP contribution in [0.2, 0.25) is 5.02 Å². The molecule has 1 aromatic heterocycles. The van der Waals surface area contributed by atoms with Crippen LogP contribution < -0.4 is 9.64 Å². The molecule has 3 aromatic rings. The third kappa shape index (κ3) is 7.14. The van der Waals surface area contributed by atoms with E-state index in [0.717, 1.165) is 86.3 Å². The number of halogens is 1. The Balaban J connectivity index is 1.07. The molecule has 2 aromatic carbocycles. The van der Waals surface area contributed by atoms with Crippen molar-refractivity contribution in [1.29, 1.82) is 0 Å². The summed E-state index contributed by atoms with van der Waals surface area (Å²) >= 11 is 8.10. The van der Waals surface area contributed by atoms with Crippen LogP contribution in [0, 0.1) is 11.8 Å². The van der Waals surface area contributed by atoms with Gasteiger partial charge in [-0.05, 0) is 97.9 Å². The van der Waals surface area contributed by atoms with Crippen molar-refractivity contribution in [2.24, 2.45) is 11.8 Å². The SMILES string of the molecule is COC(=O)c1ccc2c(c1)N(C[C@@H]1CC[C@H]1[C@@H]1C[C@H](OC[C@H](C)Sc3ncccn3)CCO1)C[C@@]1(CCCc3cc(Cl)ccc31)CO2. The number of nitrogens with zero attached hydrogens (tertiary/aromatic N) is 3. The number of thioether (sulfide) groups is 1. The number of hydrogen-bond acceptors (Lipinski definition) is 9. The van der Waals surface area contributed by atoms with Crippen LogP contribution in [0.25, 0.3) is 0 Å². The topological polar surface area (TPSA) is 83.0 Å². The molecule has 1 saturated carbocycles. The van der Waals surface area contributed by atoms with Crippen LogP contribution >= 0.6 is 23.4 Å². The van der Waals surface area contributed by atoms with Gasteiger partial charge >= 0.3 is 5.97 Å². The maximum Gasteiger partial charge on any atom is 0.337 e. The second-order valence-corrected chi connectivity index (χ2v) is 15.5. The van der Waals surface area contributed by atoms with Gasteiger partial charge in [0.1, 0.15) is 5.75 Å². The lowest BCUT2D eigenvalue weighted by atomic mass is 9.67. The van der Waals surface area contributed by atoms with E-state index in [4.69, 9.17) is 30.5 Å². The number of methoxy groups -OCH3 is 1. The highest BCUT2D eigenvalue weighted by atomic mass is 35.5. The molecule has 1 saturated heterocycles. The molecule has 4 aliphatic rings. The molecule has 0 unspecified atom stereocenters. The number of rotatable bonds is 9. The second kappa shape index (κ2) is 14.3. The molecule has 0 radical (unpaired) electrons. The number of fused-ring (bicyclic) bond motifs is 3. The summed E-state index contributed by atoms with van der Waals surface area (Å²) in [4.78, 5) is 23.8. The second-order valence-electron chi connectivity index (χ2n) is 13.6. The van der Waals surface area contributed by atoms with Gasteiger partial charge in [-0.25, -0.2) is 14.8 Å². The summed E-state index contributed by atoms with van der Waals surface area (Å²) in [5, 5.41) is 1.83. The molecular formula is C37H44ClN3O5S. The first-order valence-electron chi connectivity index (χ1n) is 17.0. The molecule has 7 rings (SSSR count). The predicted octanol–water partition coefficient (Wildman–Crippen LogP) is 7.16. The average Bonchev–Trinajstić information content (AvgIpc) is 3.22. The Kier molecular flexibility index (Phi) is 9.96. The van der Waals surface area contributed by atoms with Crippen molar-refractivity contribution < 1.29 is 23.7 Å². The molecule has 6 atom stereocenters. The average molecular weight is 678 g/mol. The van der Waals surface area contributed by atoms with Crippen molar-refractivity contribution in [2.75, 3.05) is 44.9 Å². The van der Waals surface area contributed by atoms with Crippen molar-refractivity contribution in [2.45, 2.75) is 79.9 Å². The fourth-order valence-electron chi connectivity index (χ4n) is 8.03. The number of aryl methyl sites for hydroxylation is 1. The van der Waals surface area contributed by atoms with Crippen LogP contribution in [0.3, 0.4) is 0 Å². The Morgan fingerprint density at radius 3 is 2.85 bits per heavy atom. The van der Waals surface area contributed by atoms with Gasteiger partial charge in [0, 0.05) is 54.2 Å². The minimum Gasteiger partial charge on any atom is -0.490 e. The first kappa shape index (κ1) is 32.7. The maximum absolute atomic E-state index is 12.6. The minimum atomic E-state index is -0.337. The van der Waals surface area contributed by atoms with E-state index < -0.39 is 0 Å². The van der Waals surface area contributed by atoms with Gasteiger partial charge in [-0.1, -0.05) is 36.4 Å². The monoisotopic (exact) mass is 677 g/mol. The van der Waals surface area contributed by atoms with Crippen LogP contribution in [0.5, 0.6) is 5.75 Å².